The van der Waals surface area contributed by atoms with Crippen molar-refractivity contribution in [1.82, 2.24) is 4.90 Å². The molecule has 1 aliphatic heterocycles. The van der Waals surface area contributed by atoms with E-state index in [1.54, 1.807) is 17.0 Å². The van der Waals surface area contributed by atoms with E-state index in [0.29, 0.717) is 11.5 Å². The van der Waals surface area contributed by atoms with E-state index in [9.17, 15) is 9.18 Å². The number of carbonyl (C=O) groups excluding carboxylic acids is 1. The van der Waals surface area contributed by atoms with Gasteiger partial charge in [-0.25, -0.2) is 4.39 Å². The summed E-state index contributed by atoms with van der Waals surface area (Å²) >= 11 is 6.56. The van der Waals surface area contributed by atoms with Gasteiger partial charge in [-0.1, -0.05) is 22.0 Å². The van der Waals surface area contributed by atoms with Gasteiger partial charge in [-0.05, 0) is 40.4 Å². The number of carbonyl (C=O) groups is 1. The minimum absolute atomic E-state index is 0.0974. The van der Waals surface area contributed by atoms with Gasteiger partial charge in [0.1, 0.15) is 5.82 Å². The lowest BCUT2D eigenvalue weighted by atomic mass is 10.2. The molecule has 0 spiro atoms. The van der Waals surface area contributed by atoms with Crippen LogP contribution in [0.3, 0.4) is 0 Å². The molecule has 1 saturated heterocycles. The molecule has 1 aromatic carbocycles. The van der Waals surface area contributed by atoms with Crippen LogP contribution in [0.2, 0.25) is 0 Å². The van der Waals surface area contributed by atoms with Crippen molar-refractivity contribution in [2.24, 2.45) is 5.92 Å². The third-order valence-corrected chi connectivity index (χ3v) is 4.69. The lowest BCUT2D eigenvalue weighted by Gasteiger charge is -2.17. The zero-order valence-corrected chi connectivity index (χ0v) is 12.3. The molecule has 17 heavy (non-hydrogen) atoms. The van der Waals surface area contributed by atoms with Crippen molar-refractivity contribution >= 4 is 37.8 Å². The smallest absolute Gasteiger partial charge is 0.255 e. The molecule has 0 radical (unpaired) electrons. The SMILES string of the molecule is O=C(c1cccc(F)c1Br)N1CCC(CBr)C1. The standard InChI is InChI=1S/C12H12Br2FNO/c13-6-8-4-5-16(7-8)12(17)9-2-1-3-10(15)11(9)14/h1-3,8H,4-7H2. The van der Waals surface area contributed by atoms with Crippen LogP contribution in [-0.2, 0) is 0 Å². The van der Waals surface area contributed by atoms with Crippen molar-refractivity contribution in [3.8, 4) is 0 Å². The van der Waals surface area contributed by atoms with Crippen molar-refractivity contribution in [2.75, 3.05) is 18.4 Å². The molecule has 1 amide bonds. The number of hydrogen-bond donors (Lipinski definition) is 0. The summed E-state index contributed by atoms with van der Waals surface area (Å²) in [7, 11) is 0. The third kappa shape index (κ3) is 2.71. The Bertz CT molecular complexity index is 439. The van der Waals surface area contributed by atoms with E-state index in [4.69, 9.17) is 0 Å². The van der Waals surface area contributed by atoms with E-state index in [1.165, 1.54) is 6.07 Å². The average Bonchev–Trinajstić information content (AvgIpc) is 2.80. The number of hydrogen-bond acceptors (Lipinski definition) is 1. The van der Waals surface area contributed by atoms with E-state index in [2.05, 4.69) is 31.9 Å². The summed E-state index contributed by atoms with van der Waals surface area (Å²) in [6, 6.07) is 4.55. The zero-order valence-electron chi connectivity index (χ0n) is 9.13. The Balaban J connectivity index is 2.18. The number of alkyl halides is 1. The molecule has 0 bridgehead atoms. The van der Waals surface area contributed by atoms with Crippen molar-refractivity contribution in [1.29, 1.82) is 0 Å². The highest BCUT2D eigenvalue weighted by molar-refractivity contribution is 9.10. The maximum absolute atomic E-state index is 13.3. The first-order chi connectivity index (χ1) is 8.13. The summed E-state index contributed by atoms with van der Waals surface area (Å²) in [5, 5.41) is 0.904. The number of likely N-dealkylation sites (tertiary alicyclic amines) is 1. The van der Waals surface area contributed by atoms with Crippen molar-refractivity contribution in [2.45, 2.75) is 6.42 Å². The second-order valence-electron chi connectivity index (χ2n) is 4.16. The molecular weight excluding hydrogens is 353 g/mol. The Morgan fingerprint density at radius 1 is 1.53 bits per heavy atom. The molecule has 1 fully saturated rings. The summed E-state index contributed by atoms with van der Waals surface area (Å²) < 4.78 is 13.6. The van der Waals surface area contributed by atoms with Gasteiger partial charge < -0.3 is 4.90 Å². The second-order valence-corrected chi connectivity index (χ2v) is 5.60. The van der Waals surface area contributed by atoms with Crippen LogP contribution in [0.5, 0.6) is 0 Å². The maximum Gasteiger partial charge on any atom is 0.255 e. The lowest BCUT2D eigenvalue weighted by molar-refractivity contribution is 0.0787. The highest BCUT2D eigenvalue weighted by atomic mass is 79.9. The summed E-state index contributed by atoms with van der Waals surface area (Å²) in [4.78, 5) is 14.0. The van der Waals surface area contributed by atoms with E-state index in [-0.39, 0.29) is 10.4 Å². The molecular formula is C12H12Br2FNO. The summed E-state index contributed by atoms with van der Waals surface area (Å²) in [6.07, 6.45) is 1.00. The van der Waals surface area contributed by atoms with Crippen LogP contribution in [0.1, 0.15) is 16.8 Å². The molecule has 1 heterocycles. The van der Waals surface area contributed by atoms with Gasteiger partial charge >= 0.3 is 0 Å². The minimum Gasteiger partial charge on any atom is -0.338 e. The molecule has 2 rings (SSSR count). The summed E-state index contributed by atoms with van der Waals surface area (Å²) in [5.41, 5.74) is 0.403. The second kappa shape index (κ2) is 5.48. The van der Waals surface area contributed by atoms with Crippen molar-refractivity contribution in [3.05, 3.63) is 34.1 Å². The molecule has 0 aliphatic carbocycles. The van der Waals surface area contributed by atoms with Crippen LogP contribution in [0.25, 0.3) is 0 Å². The zero-order chi connectivity index (χ0) is 12.4. The van der Waals surface area contributed by atoms with Crippen LogP contribution in [0.4, 0.5) is 4.39 Å². The minimum atomic E-state index is -0.396. The molecule has 1 unspecified atom stereocenters. The van der Waals surface area contributed by atoms with E-state index < -0.39 is 5.82 Å². The molecule has 0 N–H and O–H groups in total. The Hall–Kier alpha value is -0.420. The fourth-order valence-electron chi connectivity index (χ4n) is 1.98. The highest BCUT2D eigenvalue weighted by Crippen LogP contribution is 2.25. The normalized spacial score (nSPS) is 19.7. The van der Waals surface area contributed by atoms with Crippen molar-refractivity contribution in [3.63, 3.8) is 0 Å². The van der Waals surface area contributed by atoms with Crippen LogP contribution < -0.4 is 0 Å². The van der Waals surface area contributed by atoms with Gasteiger partial charge in [0.15, 0.2) is 0 Å². The first-order valence-electron chi connectivity index (χ1n) is 5.42. The maximum atomic E-state index is 13.3. The van der Waals surface area contributed by atoms with Gasteiger partial charge in [0, 0.05) is 18.4 Å². The predicted octanol–water partition coefficient (Wildman–Crippen LogP) is 3.45. The fourth-order valence-corrected chi connectivity index (χ4v) is 2.94. The van der Waals surface area contributed by atoms with Gasteiger partial charge in [0.05, 0.1) is 10.0 Å². The first kappa shape index (κ1) is 13.0. The quantitative estimate of drug-likeness (QED) is 0.736. The topological polar surface area (TPSA) is 20.3 Å². The largest absolute Gasteiger partial charge is 0.338 e. The number of amides is 1. The fraction of sp³-hybridized carbons (Fsp3) is 0.417. The summed E-state index contributed by atoms with van der Waals surface area (Å²) in [6.45, 7) is 1.49. The van der Waals surface area contributed by atoms with E-state index in [1.807, 2.05) is 0 Å². The molecule has 1 aliphatic rings. The molecule has 5 heteroatoms. The molecule has 1 atom stereocenters. The monoisotopic (exact) mass is 363 g/mol. The highest BCUT2D eigenvalue weighted by Gasteiger charge is 2.27. The molecule has 2 nitrogen and oxygen atoms in total. The predicted molar refractivity (Wildman–Crippen MR) is 71.9 cm³/mol. The number of nitrogens with zero attached hydrogens (tertiary/aromatic N) is 1. The summed E-state index contributed by atoms with van der Waals surface area (Å²) in [5.74, 6) is 0.0122. The molecule has 92 valence electrons. The Kier molecular flexibility index (Phi) is 4.20. The third-order valence-electron chi connectivity index (χ3n) is 2.97. The van der Waals surface area contributed by atoms with Gasteiger partial charge in [-0.2, -0.15) is 0 Å². The molecule has 0 aromatic heterocycles. The van der Waals surface area contributed by atoms with Crippen LogP contribution in [0.15, 0.2) is 22.7 Å². The van der Waals surface area contributed by atoms with Gasteiger partial charge in [-0.15, -0.1) is 0 Å². The Morgan fingerprint density at radius 2 is 2.29 bits per heavy atom. The lowest BCUT2D eigenvalue weighted by Crippen LogP contribution is -2.29. The van der Waals surface area contributed by atoms with Crippen LogP contribution in [0, 0.1) is 11.7 Å². The van der Waals surface area contributed by atoms with Gasteiger partial charge in [0.25, 0.3) is 5.91 Å². The van der Waals surface area contributed by atoms with Crippen LogP contribution >= 0.6 is 31.9 Å². The van der Waals surface area contributed by atoms with Crippen molar-refractivity contribution < 1.29 is 9.18 Å². The number of benzene rings is 1. The number of rotatable bonds is 2. The number of halogens is 3. The Morgan fingerprint density at radius 3 is 2.94 bits per heavy atom. The molecule has 0 saturated carbocycles. The average molecular weight is 365 g/mol. The van der Waals surface area contributed by atoms with Crippen LogP contribution in [-0.4, -0.2) is 29.2 Å². The Labute approximate surface area is 116 Å². The van der Waals surface area contributed by atoms with Gasteiger partial charge in [0.2, 0.25) is 0 Å². The van der Waals surface area contributed by atoms with Gasteiger partial charge in [-0.3, -0.25) is 4.79 Å². The molecule has 1 aromatic rings. The van der Waals surface area contributed by atoms with E-state index >= 15 is 0 Å². The van der Waals surface area contributed by atoms with E-state index in [0.717, 1.165) is 24.8 Å². The first-order valence-corrected chi connectivity index (χ1v) is 7.34.